The van der Waals surface area contributed by atoms with Crippen LogP contribution >= 0.6 is 11.3 Å². The average Bonchev–Trinajstić information content (AvgIpc) is 3.28. The molecule has 2 heterocycles. The van der Waals surface area contributed by atoms with Crippen LogP contribution < -0.4 is 5.32 Å². The van der Waals surface area contributed by atoms with Gasteiger partial charge >= 0.3 is 5.97 Å². The Hall–Kier alpha value is -2.93. The summed E-state index contributed by atoms with van der Waals surface area (Å²) in [6, 6.07) is 13.6. The van der Waals surface area contributed by atoms with Crippen LogP contribution in [0.5, 0.6) is 0 Å². The Labute approximate surface area is 165 Å². The van der Waals surface area contributed by atoms with Crippen LogP contribution in [0.15, 0.2) is 54.0 Å². The summed E-state index contributed by atoms with van der Waals surface area (Å²) in [6.45, 7) is 0. The minimum absolute atomic E-state index is 0.107. The Morgan fingerprint density at radius 2 is 1.89 bits per heavy atom. The van der Waals surface area contributed by atoms with E-state index in [-0.39, 0.29) is 23.3 Å². The number of hydrogen-bond donors (Lipinski definition) is 2. The first-order valence-electron chi connectivity index (χ1n) is 9.21. The van der Waals surface area contributed by atoms with E-state index < -0.39 is 5.97 Å². The Balaban J connectivity index is 1.41. The van der Waals surface area contributed by atoms with Gasteiger partial charge in [-0.3, -0.25) is 9.59 Å². The molecule has 2 bridgehead atoms. The Bertz CT molecular complexity index is 1040. The van der Waals surface area contributed by atoms with E-state index in [9.17, 15) is 9.59 Å². The third kappa shape index (κ3) is 2.74. The Kier molecular flexibility index (Phi) is 3.71. The van der Waals surface area contributed by atoms with E-state index >= 15 is 0 Å². The molecule has 7 heteroatoms. The first-order chi connectivity index (χ1) is 13.5. The smallest absolute Gasteiger partial charge is 0.303 e. The zero-order valence-corrected chi connectivity index (χ0v) is 15.9. The molecule has 0 unspecified atom stereocenters. The van der Waals surface area contributed by atoms with Gasteiger partial charge in [0.2, 0.25) is 0 Å². The van der Waals surface area contributed by atoms with Gasteiger partial charge in [-0.1, -0.05) is 24.3 Å². The molecular weight excluding hydrogens is 374 g/mol. The summed E-state index contributed by atoms with van der Waals surface area (Å²) in [7, 11) is 0. The van der Waals surface area contributed by atoms with E-state index in [4.69, 9.17) is 5.11 Å². The number of benzene rings is 1. The van der Waals surface area contributed by atoms with E-state index in [0.29, 0.717) is 11.3 Å². The highest BCUT2D eigenvalue weighted by molar-refractivity contribution is 7.13. The van der Waals surface area contributed by atoms with Crippen LogP contribution in [0.25, 0.3) is 16.3 Å². The molecule has 3 aliphatic rings. The van der Waals surface area contributed by atoms with Crippen LogP contribution in [0.4, 0.5) is 0 Å². The van der Waals surface area contributed by atoms with Gasteiger partial charge in [-0.2, -0.15) is 5.10 Å². The van der Waals surface area contributed by atoms with Crippen molar-refractivity contribution in [3.05, 3.63) is 59.6 Å². The highest BCUT2D eigenvalue weighted by atomic mass is 32.1. The molecule has 0 radical (unpaired) electrons. The standard InChI is InChI=1S/C21H19N3O3S/c25-17(26)9-20-11-21(12-20,13-20)22-19(27)15-10-24(14-5-2-1-3-6-14)23-18(15)16-7-4-8-28-16/h1-8,10H,9,11-13H2,(H,22,27)(H,25,26). The van der Waals surface area contributed by atoms with Crippen LogP contribution in [0.1, 0.15) is 36.0 Å². The van der Waals surface area contributed by atoms with Gasteiger partial charge in [-0.05, 0) is 48.3 Å². The molecule has 1 aromatic carbocycles. The summed E-state index contributed by atoms with van der Waals surface area (Å²) in [5, 5.41) is 18.8. The topological polar surface area (TPSA) is 84.2 Å². The summed E-state index contributed by atoms with van der Waals surface area (Å²) in [5.74, 6) is -0.905. The van der Waals surface area contributed by atoms with Crippen molar-refractivity contribution in [2.24, 2.45) is 5.41 Å². The summed E-state index contributed by atoms with van der Waals surface area (Å²) >= 11 is 1.55. The zero-order chi connectivity index (χ0) is 19.4. The molecule has 142 valence electrons. The first kappa shape index (κ1) is 17.2. The molecule has 3 aromatic rings. The molecule has 0 spiro atoms. The zero-order valence-electron chi connectivity index (χ0n) is 15.1. The normalized spacial score (nSPS) is 24.9. The number of amides is 1. The lowest BCUT2D eigenvalue weighted by molar-refractivity contribution is -0.172. The van der Waals surface area contributed by atoms with E-state index in [0.717, 1.165) is 29.8 Å². The number of carboxylic acids is 1. The lowest BCUT2D eigenvalue weighted by Crippen LogP contribution is -2.74. The van der Waals surface area contributed by atoms with Crippen molar-refractivity contribution in [3.63, 3.8) is 0 Å². The molecule has 2 aromatic heterocycles. The SMILES string of the molecule is O=C(O)CC12CC(NC(=O)c3cn(-c4ccccc4)nc3-c3cccs3)(C1)C2. The predicted octanol–water partition coefficient (Wildman–Crippen LogP) is 3.73. The van der Waals surface area contributed by atoms with Crippen molar-refractivity contribution in [2.75, 3.05) is 0 Å². The fraction of sp³-hybridized carbons (Fsp3) is 0.286. The van der Waals surface area contributed by atoms with Gasteiger partial charge in [-0.25, -0.2) is 4.68 Å². The monoisotopic (exact) mass is 393 g/mol. The summed E-state index contributed by atoms with van der Waals surface area (Å²) in [6.07, 6.45) is 4.22. The number of carbonyl (C=O) groups excluding carboxylic acids is 1. The van der Waals surface area contributed by atoms with Crippen molar-refractivity contribution < 1.29 is 14.7 Å². The maximum atomic E-state index is 13.1. The van der Waals surface area contributed by atoms with Gasteiger partial charge in [0.1, 0.15) is 5.69 Å². The highest BCUT2D eigenvalue weighted by Gasteiger charge is 2.68. The van der Waals surface area contributed by atoms with Crippen molar-refractivity contribution in [3.8, 4) is 16.3 Å². The van der Waals surface area contributed by atoms with Crippen molar-refractivity contribution >= 4 is 23.2 Å². The lowest BCUT2D eigenvalue weighted by atomic mass is 9.38. The molecule has 1 amide bonds. The maximum Gasteiger partial charge on any atom is 0.303 e. The molecule has 3 fully saturated rings. The molecule has 0 atom stereocenters. The number of aliphatic carboxylic acids is 1. The minimum Gasteiger partial charge on any atom is -0.481 e. The van der Waals surface area contributed by atoms with Crippen molar-refractivity contribution in [1.82, 2.24) is 15.1 Å². The van der Waals surface area contributed by atoms with Crippen molar-refractivity contribution in [1.29, 1.82) is 0 Å². The quantitative estimate of drug-likeness (QED) is 0.668. The molecule has 6 nitrogen and oxygen atoms in total. The van der Waals surface area contributed by atoms with Gasteiger partial charge in [0.25, 0.3) is 5.91 Å². The molecule has 3 saturated carbocycles. The highest BCUT2D eigenvalue weighted by Crippen LogP contribution is 2.69. The predicted molar refractivity (Wildman–Crippen MR) is 106 cm³/mol. The van der Waals surface area contributed by atoms with Gasteiger partial charge in [0, 0.05) is 11.7 Å². The van der Waals surface area contributed by atoms with E-state index in [1.807, 2.05) is 47.8 Å². The van der Waals surface area contributed by atoms with Crippen LogP contribution in [0.2, 0.25) is 0 Å². The number of para-hydroxylation sites is 1. The number of carboxylic acid groups (broad SMARTS) is 1. The molecule has 28 heavy (non-hydrogen) atoms. The van der Waals surface area contributed by atoms with Gasteiger partial charge in [0.15, 0.2) is 0 Å². The number of nitrogens with one attached hydrogen (secondary N) is 1. The maximum absolute atomic E-state index is 13.1. The molecule has 3 aliphatic carbocycles. The number of thiophene rings is 1. The first-order valence-corrected chi connectivity index (χ1v) is 10.1. The Morgan fingerprint density at radius 1 is 1.14 bits per heavy atom. The third-order valence-corrected chi connectivity index (χ3v) is 6.66. The second kappa shape index (κ2) is 6.04. The molecule has 0 aliphatic heterocycles. The summed E-state index contributed by atoms with van der Waals surface area (Å²) < 4.78 is 1.73. The lowest BCUT2D eigenvalue weighted by Gasteiger charge is -2.70. The molecule has 0 saturated heterocycles. The van der Waals surface area contributed by atoms with Crippen LogP contribution in [0, 0.1) is 5.41 Å². The summed E-state index contributed by atoms with van der Waals surface area (Å²) in [4.78, 5) is 25.0. The number of rotatable bonds is 6. The second-order valence-corrected chi connectivity index (χ2v) is 8.93. The minimum atomic E-state index is -0.760. The van der Waals surface area contributed by atoms with E-state index in [1.54, 1.807) is 22.2 Å². The average molecular weight is 393 g/mol. The van der Waals surface area contributed by atoms with Crippen LogP contribution in [-0.2, 0) is 4.79 Å². The number of nitrogens with zero attached hydrogens (tertiary/aromatic N) is 2. The second-order valence-electron chi connectivity index (χ2n) is 7.98. The van der Waals surface area contributed by atoms with Gasteiger partial charge < -0.3 is 10.4 Å². The number of hydrogen-bond acceptors (Lipinski definition) is 4. The molecule has 6 rings (SSSR count). The summed E-state index contributed by atoms with van der Waals surface area (Å²) in [5.41, 5.74) is 1.76. The fourth-order valence-corrected chi connectivity index (χ4v) is 5.52. The largest absolute Gasteiger partial charge is 0.481 e. The van der Waals surface area contributed by atoms with E-state index in [1.165, 1.54) is 0 Å². The Morgan fingerprint density at radius 3 is 2.54 bits per heavy atom. The van der Waals surface area contributed by atoms with E-state index in [2.05, 4.69) is 10.4 Å². The number of carbonyl (C=O) groups is 2. The van der Waals surface area contributed by atoms with Crippen LogP contribution in [-0.4, -0.2) is 32.3 Å². The molecule has 2 N–H and O–H groups in total. The van der Waals surface area contributed by atoms with Gasteiger partial charge in [-0.15, -0.1) is 11.3 Å². The number of aromatic nitrogens is 2. The van der Waals surface area contributed by atoms with Gasteiger partial charge in [0.05, 0.1) is 22.5 Å². The van der Waals surface area contributed by atoms with Crippen LogP contribution in [0.3, 0.4) is 0 Å². The van der Waals surface area contributed by atoms with Crippen molar-refractivity contribution in [2.45, 2.75) is 31.2 Å². The fourth-order valence-electron chi connectivity index (χ4n) is 4.80. The third-order valence-electron chi connectivity index (χ3n) is 5.78. The molecular formula is C21H19N3O3S.